The van der Waals surface area contributed by atoms with E-state index in [0.717, 1.165) is 15.8 Å². The van der Waals surface area contributed by atoms with Gasteiger partial charge in [0.25, 0.3) is 5.91 Å². The van der Waals surface area contributed by atoms with Gasteiger partial charge in [0.05, 0.1) is 0 Å². The monoisotopic (exact) mass is 375 g/mol. The van der Waals surface area contributed by atoms with Crippen LogP contribution in [-0.2, 0) is 4.79 Å². The molecule has 0 heterocycles. The van der Waals surface area contributed by atoms with Crippen LogP contribution in [-0.4, -0.2) is 19.1 Å². The lowest BCUT2D eigenvalue weighted by Crippen LogP contribution is -2.20. The average Bonchev–Trinajstić information content (AvgIpc) is 2.53. The molecule has 0 spiro atoms. The Labute approximate surface area is 144 Å². The molecule has 0 aliphatic rings. The molecule has 0 unspecified atom stereocenters. The topological polar surface area (TPSA) is 47.6 Å². The van der Waals surface area contributed by atoms with Crippen LogP contribution in [0.5, 0.6) is 11.5 Å². The first-order valence-electron chi connectivity index (χ1n) is 7.11. The summed E-state index contributed by atoms with van der Waals surface area (Å²) in [4.78, 5) is 11.9. The van der Waals surface area contributed by atoms with Crippen molar-refractivity contribution in [3.8, 4) is 11.5 Å². The predicted octanol–water partition coefficient (Wildman–Crippen LogP) is 4.34. The summed E-state index contributed by atoms with van der Waals surface area (Å²) in [6, 6.07) is 12.8. The second-order valence-electron chi connectivity index (χ2n) is 4.87. The highest BCUT2D eigenvalue weighted by molar-refractivity contribution is 9.10. The SMILES string of the molecule is C=CCOc1ccc(NC(=O)COc2ccc(Br)cc2C)cc1. The van der Waals surface area contributed by atoms with Gasteiger partial charge >= 0.3 is 0 Å². The summed E-state index contributed by atoms with van der Waals surface area (Å²) in [6.07, 6.45) is 1.68. The van der Waals surface area contributed by atoms with E-state index < -0.39 is 0 Å². The van der Waals surface area contributed by atoms with Crippen LogP contribution in [0.1, 0.15) is 5.56 Å². The number of nitrogens with one attached hydrogen (secondary N) is 1. The van der Waals surface area contributed by atoms with Crippen molar-refractivity contribution in [2.45, 2.75) is 6.92 Å². The summed E-state index contributed by atoms with van der Waals surface area (Å²) >= 11 is 3.39. The van der Waals surface area contributed by atoms with Gasteiger partial charge in [-0.2, -0.15) is 0 Å². The van der Waals surface area contributed by atoms with E-state index in [1.807, 2.05) is 25.1 Å². The van der Waals surface area contributed by atoms with Gasteiger partial charge in [-0.1, -0.05) is 28.6 Å². The molecule has 0 saturated carbocycles. The maximum absolute atomic E-state index is 11.9. The van der Waals surface area contributed by atoms with Crippen LogP contribution in [0.4, 0.5) is 5.69 Å². The first-order valence-corrected chi connectivity index (χ1v) is 7.90. The Morgan fingerprint density at radius 1 is 1.22 bits per heavy atom. The van der Waals surface area contributed by atoms with Gasteiger partial charge in [-0.25, -0.2) is 0 Å². The molecule has 0 aromatic heterocycles. The number of ether oxygens (including phenoxy) is 2. The maximum atomic E-state index is 11.9. The van der Waals surface area contributed by atoms with E-state index in [1.54, 1.807) is 30.3 Å². The lowest BCUT2D eigenvalue weighted by molar-refractivity contribution is -0.118. The fourth-order valence-corrected chi connectivity index (χ4v) is 2.38. The van der Waals surface area contributed by atoms with E-state index in [2.05, 4.69) is 27.8 Å². The molecule has 4 nitrogen and oxygen atoms in total. The van der Waals surface area contributed by atoms with Crippen molar-refractivity contribution in [2.24, 2.45) is 0 Å². The van der Waals surface area contributed by atoms with Crippen molar-refractivity contribution in [2.75, 3.05) is 18.5 Å². The molecular formula is C18H18BrNO3. The second-order valence-corrected chi connectivity index (χ2v) is 5.79. The van der Waals surface area contributed by atoms with Crippen LogP contribution in [0, 0.1) is 6.92 Å². The van der Waals surface area contributed by atoms with Crippen LogP contribution in [0.3, 0.4) is 0 Å². The number of benzene rings is 2. The van der Waals surface area contributed by atoms with Crippen molar-refractivity contribution in [1.82, 2.24) is 0 Å². The van der Waals surface area contributed by atoms with Crippen LogP contribution in [0.2, 0.25) is 0 Å². The molecule has 23 heavy (non-hydrogen) atoms. The largest absolute Gasteiger partial charge is 0.490 e. The molecule has 0 aliphatic carbocycles. The summed E-state index contributed by atoms with van der Waals surface area (Å²) in [7, 11) is 0. The molecule has 1 N–H and O–H groups in total. The van der Waals surface area contributed by atoms with Gasteiger partial charge in [0.15, 0.2) is 6.61 Å². The lowest BCUT2D eigenvalue weighted by Gasteiger charge is -2.10. The Hall–Kier alpha value is -2.27. The highest BCUT2D eigenvalue weighted by atomic mass is 79.9. The van der Waals surface area contributed by atoms with E-state index >= 15 is 0 Å². The normalized spacial score (nSPS) is 10.0. The number of anilines is 1. The van der Waals surface area contributed by atoms with Crippen LogP contribution in [0.25, 0.3) is 0 Å². The quantitative estimate of drug-likeness (QED) is 0.732. The van der Waals surface area contributed by atoms with Gasteiger partial charge in [0.2, 0.25) is 0 Å². The summed E-state index contributed by atoms with van der Waals surface area (Å²) < 4.78 is 11.9. The minimum atomic E-state index is -0.216. The molecule has 0 aliphatic heterocycles. The average molecular weight is 376 g/mol. The number of aryl methyl sites for hydroxylation is 1. The summed E-state index contributed by atoms with van der Waals surface area (Å²) in [5, 5.41) is 2.78. The molecular weight excluding hydrogens is 358 g/mol. The minimum absolute atomic E-state index is 0.0445. The molecule has 2 rings (SSSR count). The first-order chi connectivity index (χ1) is 11.1. The fourth-order valence-electron chi connectivity index (χ4n) is 1.90. The van der Waals surface area contributed by atoms with Gasteiger partial charge in [-0.05, 0) is 55.0 Å². The van der Waals surface area contributed by atoms with Gasteiger partial charge in [-0.3, -0.25) is 4.79 Å². The van der Waals surface area contributed by atoms with E-state index in [1.165, 1.54) is 0 Å². The summed E-state index contributed by atoms with van der Waals surface area (Å²) in [5.74, 6) is 1.20. The lowest BCUT2D eigenvalue weighted by atomic mass is 10.2. The molecule has 0 fully saturated rings. The van der Waals surface area contributed by atoms with Crippen molar-refractivity contribution in [1.29, 1.82) is 0 Å². The van der Waals surface area contributed by atoms with Gasteiger partial charge < -0.3 is 14.8 Å². The number of carbonyl (C=O) groups is 1. The highest BCUT2D eigenvalue weighted by Gasteiger charge is 2.06. The van der Waals surface area contributed by atoms with Crippen molar-refractivity contribution in [3.05, 3.63) is 65.2 Å². The summed E-state index contributed by atoms with van der Waals surface area (Å²) in [6.45, 7) is 5.93. The van der Waals surface area contributed by atoms with E-state index in [4.69, 9.17) is 9.47 Å². The van der Waals surface area contributed by atoms with Crippen LogP contribution in [0.15, 0.2) is 59.6 Å². The van der Waals surface area contributed by atoms with Crippen molar-refractivity contribution < 1.29 is 14.3 Å². The molecule has 2 aromatic carbocycles. The Bertz CT molecular complexity index is 683. The maximum Gasteiger partial charge on any atom is 0.262 e. The molecule has 1 amide bonds. The number of hydrogen-bond acceptors (Lipinski definition) is 3. The molecule has 0 radical (unpaired) electrons. The number of rotatable bonds is 7. The number of hydrogen-bond donors (Lipinski definition) is 1. The summed E-state index contributed by atoms with van der Waals surface area (Å²) in [5.41, 5.74) is 1.66. The third-order valence-electron chi connectivity index (χ3n) is 3.00. The fraction of sp³-hybridized carbons (Fsp3) is 0.167. The van der Waals surface area contributed by atoms with Crippen LogP contribution < -0.4 is 14.8 Å². The third kappa shape index (κ3) is 5.45. The van der Waals surface area contributed by atoms with Crippen molar-refractivity contribution >= 4 is 27.5 Å². The van der Waals surface area contributed by atoms with E-state index in [-0.39, 0.29) is 12.5 Å². The number of amides is 1. The van der Waals surface area contributed by atoms with Crippen LogP contribution >= 0.6 is 15.9 Å². The second kappa shape index (κ2) is 8.39. The molecule has 5 heteroatoms. The highest BCUT2D eigenvalue weighted by Crippen LogP contribution is 2.22. The standard InChI is InChI=1S/C18H18BrNO3/c1-3-10-22-16-7-5-15(6-8-16)20-18(21)12-23-17-9-4-14(19)11-13(17)2/h3-9,11H,1,10,12H2,2H3,(H,20,21). The number of carbonyl (C=O) groups excluding carboxylic acids is 1. The van der Waals surface area contributed by atoms with E-state index in [9.17, 15) is 4.79 Å². The zero-order chi connectivity index (χ0) is 16.7. The smallest absolute Gasteiger partial charge is 0.262 e. The van der Waals surface area contributed by atoms with Crippen molar-refractivity contribution in [3.63, 3.8) is 0 Å². The zero-order valence-corrected chi connectivity index (χ0v) is 14.4. The van der Waals surface area contributed by atoms with Gasteiger partial charge in [0.1, 0.15) is 18.1 Å². The molecule has 2 aromatic rings. The van der Waals surface area contributed by atoms with Gasteiger partial charge in [-0.15, -0.1) is 0 Å². The number of halogens is 1. The molecule has 120 valence electrons. The Balaban J connectivity index is 1.85. The third-order valence-corrected chi connectivity index (χ3v) is 3.49. The van der Waals surface area contributed by atoms with Gasteiger partial charge in [0, 0.05) is 10.2 Å². The zero-order valence-electron chi connectivity index (χ0n) is 12.8. The molecule has 0 atom stereocenters. The minimum Gasteiger partial charge on any atom is -0.490 e. The van der Waals surface area contributed by atoms with E-state index in [0.29, 0.717) is 18.0 Å². The Morgan fingerprint density at radius 2 is 1.96 bits per heavy atom. The Morgan fingerprint density at radius 3 is 2.61 bits per heavy atom. The first kappa shape index (κ1) is 17.1. The Kier molecular flexibility index (Phi) is 6.23. The molecule has 0 saturated heterocycles. The molecule has 0 bridgehead atoms. The predicted molar refractivity (Wildman–Crippen MR) is 95.1 cm³/mol.